The molecule has 0 saturated carbocycles. The molecule has 0 aliphatic rings. The zero-order valence-electron chi connectivity index (χ0n) is 12.2. The maximum atomic E-state index is 5.21. The highest BCUT2D eigenvalue weighted by molar-refractivity contribution is 7.98. The van der Waals surface area contributed by atoms with Gasteiger partial charge in [-0.25, -0.2) is 4.98 Å². The van der Waals surface area contributed by atoms with Crippen molar-refractivity contribution >= 4 is 22.8 Å². The quantitative estimate of drug-likeness (QED) is 0.525. The Morgan fingerprint density at radius 2 is 2.14 bits per heavy atom. The molecule has 0 aliphatic carbocycles. The molecule has 0 amide bonds. The molecule has 108 valence electrons. The first kappa shape index (κ1) is 13.9. The molecule has 5 heteroatoms. The maximum Gasteiger partial charge on any atom is 0.169 e. The van der Waals surface area contributed by atoms with E-state index in [1.807, 2.05) is 38.1 Å². The van der Waals surface area contributed by atoms with Crippen molar-refractivity contribution in [1.29, 1.82) is 0 Å². The Morgan fingerprint density at radius 1 is 1.33 bits per heavy atom. The predicted molar refractivity (Wildman–Crippen MR) is 85.5 cm³/mol. The Hall–Kier alpha value is -2.01. The van der Waals surface area contributed by atoms with Crippen LogP contribution in [0.25, 0.3) is 11.0 Å². The average molecular weight is 299 g/mol. The number of nitrogens with zero attached hydrogens (tertiary/aromatic N) is 3. The van der Waals surface area contributed by atoms with Gasteiger partial charge in [0.25, 0.3) is 0 Å². The number of allylic oxidation sites excluding steroid dienone is 1. The molecule has 2 heterocycles. The fourth-order valence-electron chi connectivity index (χ4n) is 2.31. The normalized spacial score (nSPS) is 11.1. The minimum atomic E-state index is 0.754. The number of rotatable bonds is 5. The van der Waals surface area contributed by atoms with Crippen LogP contribution in [-0.2, 0) is 12.3 Å². The van der Waals surface area contributed by atoms with Crippen LogP contribution in [-0.4, -0.2) is 14.7 Å². The van der Waals surface area contributed by atoms with Crippen molar-refractivity contribution in [2.45, 2.75) is 31.3 Å². The molecule has 3 rings (SSSR count). The molecule has 3 aromatic rings. The first-order valence-electron chi connectivity index (χ1n) is 6.81. The van der Waals surface area contributed by atoms with Gasteiger partial charge in [-0.15, -0.1) is 6.58 Å². The molecular weight excluding hydrogens is 282 g/mol. The summed E-state index contributed by atoms with van der Waals surface area (Å²) in [6.45, 7) is 8.51. The molecule has 21 heavy (non-hydrogen) atoms. The minimum absolute atomic E-state index is 0.754. The second kappa shape index (κ2) is 5.77. The van der Waals surface area contributed by atoms with Gasteiger partial charge in [-0.05, 0) is 26.0 Å². The summed E-state index contributed by atoms with van der Waals surface area (Å²) in [6, 6.07) is 8.17. The van der Waals surface area contributed by atoms with Gasteiger partial charge in [-0.3, -0.25) is 0 Å². The molecule has 0 aliphatic heterocycles. The van der Waals surface area contributed by atoms with Crippen LogP contribution >= 0.6 is 11.8 Å². The van der Waals surface area contributed by atoms with E-state index in [1.54, 1.807) is 11.8 Å². The summed E-state index contributed by atoms with van der Waals surface area (Å²) in [4.78, 5) is 4.72. The Labute approximate surface area is 127 Å². The van der Waals surface area contributed by atoms with E-state index in [-0.39, 0.29) is 0 Å². The van der Waals surface area contributed by atoms with Crippen molar-refractivity contribution in [3.8, 4) is 0 Å². The van der Waals surface area contributed by atoms with Gasteiger partial charge in [0.15, 0.2) is 5.16 Å². The van der Waals surface area contributed by atoms with Gasteiger partial charge >= 0.3 is 0 Å². The molecule has 0 atom stereocenters. The zero-order valence-corrected chi connectivity index (χ0v) is 13.0. The summed E-state index contributed by atoms with van der Waals surface area (Å²) >= 11 is 1.70. The second-order valence-corrected chi connectivity index (χ2v) is 5.82. The first-order valence-corrected chi connectivity index (χ1v) is 7.80. The lowest BCUT2D eigenvalue weighted by Crippen LogP contribution is -1.97. The molecule has 0 unspecified atom stereocenters. The lowest BCUT2D eigenvalue weighted by atomic mass is 10.2. The van der Waals surface area contributed by atoms with Crippen LogP contribution in [0.3, 0.4) is 0 Å². The van der Waals surface area contributed by atoms with Crippen LogP contribution in [0.4, 0.5) is 0 Å². The number of benzene rings is 1. The third kappa shape index (κ3) is 2.61. The summed E-state index contributed by atoms with van der Waals surface area (Å²) in [7, 11) is 0. The van der Waals surface area contributed by atoms with Crippen molar-refractivity contribution in [3.05, 3.63) is 53.9 Å². The highest BCUT2D eigenvalue weighted by Crippen LogP contribution is 2.28. The smallest absolute Gasteiger partial charge is 0.169 e. The fraction of sp³-hybridized carbons (Fsp3) is 0.250. The average Bonchev–Trinajstić information content (AvgIpc) is 2.99. The predicted octanol–water partition coefficient (Wildman–Crippen LogP) is 4.12. The van der Waals surface area contributed by atoms with Crippen LogP contribution < -0.4 is 0 Å². The minimum Gasteiger partial charge on any atom is -0.361 e. The maximum absolute atomic E-state index is 5.21. The van der Waals surface area contributed by atoms with Crippen LogP contribution in [0.1, 0.15) is 17.0 Å². The fourth-order valence-corrected chi connectivity index (χ4v) is 3.49. The number of hydrogen-bond acceptors (Lipinski definition) is 4. The number of para-hydroxylation sites is 2. The van der Waals surface area contributed by atoms with Gasteiger partial charge in [-0.2, -0.15) is 0 Å². The molecule has 0 fully saturated rings. The van der Waals surface area contributed by atoms with Gasteiger partial charge < -0.3 is 9.09 Å². The highest BCUT2D eigenvalue weighted by atomic mass is 32.2. The topological polar surface area (TPSA) is 43.9 Å². The molecule has 1 aromatic carbocycles. The van der Waals surface area contributed by atoms with Crippen molar-refractivity contribution in [2.75, 3.05) is 0 Å². The lowest BCUT2D eigenvalue weighted by Gasteiger charge is -2.05. The summed E-state index contributed by atoms with van der Waals surface area (Å²) in [6.07, 6.45) is 1.90. The molecule has 4 nitrogen and oxygen atoms in total. The molecule has 0 bridgehead atoms. The number of thioether (sulfide) groups is 1. The highest BCUT2D eigenvalue weighted by Gasteiger charge is 2.13. The van der Waals surface area contributed by atoms with Crippen molar-refractivity contribution in [3.63, 3.8) is 0 Å². The largest absolute Gasteiger partial charge is 0.361 e. The van der Waals surface area contributed by atoms with E-state index in [0.29, 0.717) is 0 Å². The van der Waals surface area contributed by atoms with E-state index >= 15 is 0 Å². The summed E-state index contributed by atoms with van der Waals surface area (Å²) in [5, 5.41) is 4.99. The van der Waals surface area contributed by atoms with Crippen molar-refractivity contribution < 1.29 is 4.52 Å². The Morgan fingerprint density at radius 3 is 2.86 bits per heavy atom. The van der Waals surface area contributed by atoms with Gasteiger partial charge in [0.1, 0.15) is 5.76 Å². The molecule has 0 radical (unpaired) electrons. The van der Waals surface area contributed by atoms with Crippen LogP contribution in [0.5, 0.6) is 0 Å². The Bertz CT molecular complexity index is 769. The summed E-state index contributed by atoms with van der Waals surface area (Å²) in [5.74, 6) is 1.69. The van der Waals surface area contributed by atoms with E-state index < -0.39 is 0 Å². The number of imidazole rings is 1. The molecule has 2 aromatic heterocycles. The van der Waals surface area contributed by atoms with Gasteiger partial charge in [0.05, 0.1) is 16.7 Å². The summed E-state index contributed by atoms with van der Waals surface area (Å²) < 4.78 is 7.40. The third-order valence-electron chi connectivity index (χ3n) is 3.46. The monoisotopic (exact) mass is 299 g/mol. The number of aryl methyl sites for hydroxylation is 2. The standard InChI is InChI=1S/C16H17N3OS/c1-4-9-19-15-8-6-5-7-14(15)17-16(19)21-10-13-11(2)18-20-12(13)3/h4-8H,1,9-10H2,2-3H3. The van der Waals surface area contributed by atoms with Crippen LogP contribution in [0.15, 0.2) is 46.6 Å². The van der Waals surface area contributed by atoms with Crippen molar-refractivity contribution in [2.24, 2.45) is 0 Å². The molecular formula is C16H17N3OS. The van der Waals surface area contributed by atoms with Gasteiger partial charge in [0, 0.05) is 17.9 Å². The lowest BCUT2D eigenvalue weighted by molar-refractivity contribution is 0.392. The zero-order chi connectivity index (χ0) is 14.8. The molecule has 0 N–H and O–H groups in total. The molecule has 0 spiro atoms. The Kier molecular flexibility index (Phi) is 3.84. The second-order valence-electron chi connectivity index (χ2n) is 4.87. The van der Waals surface area contributed by atoms with Gasteiger partial charge in [-0.1, -0.05) is 35.1 Å². The first-order chi connectivity index (χ1) is 10.2. The van der Waals surface area contributed by atoms with E-state index in [4.69, 9.17) is 9.51 Å². The van der Waals surface area contributed by atoms with Gasteiger partial charge in [0.2, 0.25) is 0 Å². The van der Waals surface area contributed by atoms with E-state index in [9.17, 15) is 0 Å². The number of aromatic nitrogens is 3. The van der Waals surface area contributed by atoms with E-state index in [1.165, 1.54) is 0 Å². The molecule has 0 saturated heterocycles. The SMILES string of the molecule is C=CCn1c(SCc2c(C)noc2C)nc2ccccc21. The van der Waals surface area contributed by atoms with Crippen LogP contribution in [0.2, 0.25) is 0 Å². The van der Waals surface area contributed by atoms with E-state index in [2.05, 4.69) is 22.4 Å². The summed E-state index contributed by atoms with van der Waals surface area (Å²) in [5.41, 5.74) is 4.25. The number of hydrogen-bond donors (Lipinski definition) is 0. The van der Waals surface area contributed by atoms with Crippen molar-refractivity contribution in [1.82, 2.24) is 14.7 Å². The third-order valence-corrected chi connectivity index (χ3v) is 4.46. The number of fused-ring (bicyclic) bond motifs is 1. The van der Waals surface area contributed by atoms with Crippen LogP contribution in [0, 0.1) is 13.8 Å². The van der Waals surface area contributed by atoms with E-state index in [0.717, 1.165) is 45.5 Å². The Balaban J connectivity index is 1.93.